The van der Waals surface area contributed by atoms with Crippen LogP contribution in [-0.4, -0.2) is 16.7 Å². The van der Waals surface area contributed by atoms with E-state index in [0.717, 1.165) is 6.07 Å². The zero-order valence-corrected chi connectivity index (χ0v) is 9.08. The Bertz CT molecular complexity index is 469. The molecule has 0 aliphatic rings. The molecule has 0 bridgehead atoms. The maximum Gasteiger partial charge on any atom is 0.280 e. The van der Waals surface area contributed by atoms with Crippen LogP contribution in [0.15, 0.2) is 24.3 Å². The molecule has 1 aromatic carbocycles. The number of carbonyl (C=O) groups is 2. The van der Waals surface area contributed by atoms with Crippen molar-refractivity contribution in [2.24, 2.45) is 5.92 Å². The van der Waals surface area contributed by atoms with E-state index in [2.05, 4.69) is 0 Å². The standard InChI is InChI=1S/C11H11NO5/c1-2-7(11(14)15)10(13)8-5-3-4-6-9(8)12(16)17/h3-7H,2H2,1H3,(H,14,15)/p-1. The predicted octanol–water partition coefficient (Wildman–Crippen LogP) is 0.554. The van der Waals surface area contributed by atoms with Crippen LogP contribution in [0, 0.1) is 16.0 Å². The summed E-state index contributed by atoms with van der Waals surface area (Å²) in [4.78, 5) is 32.5. The second-order valence-electron chi connectivity index (χ2n) is 3.42. The Morgan fingerprint density at radius 1 is 1.35 bits per heavy atom. The largest absolute Gasteiger partial charge is 0.549 e. The molecule has 90 valence electrons. The van der Waals surface area contributed by atoms with Crippen molar-refractivity contribution in [1.29, 1.82) is 0 Å². The number of carboxylic acid groups (broad SMARTS) is 1. The van der Waals surface area contributed by atoms with Crippen LogP contribution in [0.25, 0.3) is 0 Å². The lowest BCUT2D eigenvalue weighted by Gasteiger charge is -2.14. The van der Waals surface area contributed by atoms with E-state index in [4.69, 9.17) is 0 Å². The third-order valence-electron chi connectivity index (χ3n) is 2.38. The molecule has 1 aromatic rings. The van der Waals surface area contributed by atoms with Crippen LogP contribution < -0.4 is 5.11 Å². The summed E-state index contributed by atoms with van der Waals surface area (Å²) in [5, 5.41) is 21.4. The number of nitrogens with zero attached hydrogens (tertiary/aromatic N) is 1. The Kier molecular flexibility index (Phi) is 3.92. The molecule has 0 radical (unpaired) electrons. The van der Waals surface area contributed by atoms with Crippen molar-refractivity contribution in [3.05, 3.63) is 39.9 Å². The Morgan fingerprint density at radius 2 is 1.94 bits per heavy atom. The number of nitro benzene ring substituents is 1. The molecule has 0 spiro atoms. The summed E-state index contributed by atoms with van der Waals surface area (Å²) in [6, 6.07) is 5.26. The number of nitro groups is 1. The molecule has 6 heteroatoms. The first-order chi connectivity index (χ1) is 7.99. The molecule has 6 nitrogen and oxygen atoms in total. The molecule has 17 heavy (non-hydrogen) atoms. The lowest BCUT2D eigenvalue weighted by molar-refractivity contribution is -0.385. The van der Waals surface area contributed by atoms with Crippen molar-refractivity contribution in [3.63, 3.8) is 0 Å². The fourth-order valence-corrected chi connectivity index (χ4v) is 1.49. The van der Waals surface area contributed by atoms with Crippen LogP contribution in [0.1, 0.15) is 23.7 Å². The minimum atomic E-state index is -1.52. The predicted molar refractivity (Wildman–Crippen MR) is 56.2 cm³/mol. The molecule has 0 amide bonds. The fourth-order valence-electron chi connectivity index (χ4n) is 1.49. The molecule has 0 N–H and O–H groups in total. The summed E-state index contributed by atoms with van der Waals surface area (Å²) in [5.74, 6) is -3.66. The number of hydrogen-bond acceptors (Lipinski definition) is 5. The van der Waals surface area contributed by atoms with Gasteiger partial charge in [0.2, 0.25) is 0 Å². The molecular formula is C11H10NO5-. The van der Waals surface area contributed by atoms with Crippen LogP contribution in [0.4, 0.5) is 5.69 Å². The van der Waals surface area contributed by atoms with Gasteiger partial charge in [-0.15, -0.1) is 0 Å². The van der Waals surface area contributed by atoms with Gasteiger partial charge in [0, 0.05) is 6.07 Å². The van der Waals surface area contributed by atoms with Crippen molar-refractivity contribution in [1.82, 2.24) is 0 Å². The van der Waals surface area contributed by atoms with Crippen LogP contribution in [0.2, 0.25) is 0 Å². The number of Topliss-reactive ketones (excluding diaryl/α,β-unsaturated/α-hetero) is 1. The Balaban J connectivity index is 3.20. The second-order valence-corrected chi connectivity index (χ2v) is 3.42. The van der Waals surface area contributed by atoms with Gasteiger partial charge in [-0.3, -0.25) is 14.9 Å². The lowest BCUT2D eigenvalue weighted by atomic mass is 9.94. The number of rotatable bonds is 5. The maximum absolute atomic E-state index is 11.8. The van der Waals surface area contributed by atoms with Gasteiger partial charge >= 0.3 is 0 Å². The quantitative estimate of drug-likeness (QED) is 0.321. The van der Waals surface area contributed by atoms with Gasteiger partial charge in [-0.25, -0.2) is 0 Å². The SMILES string of the molecule is CCC(C(=O)[O-])C(=O)c1ccccc1[N+](=O)[O-]. The summed E-state index contributed by atoms with van der Waals surface area (Å²) in [7, 11) is 0. The summed E-state index contributed by atoms with van der Waals surface area (Å²) >= 11 is 0. The molecule has 0 aliphatic carbocycles. The molecule has 0 fully saturated rings. The Labute approximate surface area is 97.0 Å². The summed E-state index contributed by atoms with van der Waals surface area (Å²) in [6.45, 7) is 1.51. The van der Waals surface area contributed by atoms with E-state index in [0.29, 0.717) is 0 Å². The Morgan fingerprint density at radius 3 is 2.41 bits per heavy atom. The number of para-hydroxylation sites is 1. The van der Waals surface area contributed by atoms with Crippen molar-refractivity contribution < 1.29 is 19.6 Å². The smallest absolute Gasteiger partial charge is 0.280 e. The second kappa shape index (κ2) is 5.20. The first-order valence-corrected chi connectivity index (χ1v) is 4.97. The Hall–Kier alpha value is -2.24. The summed E-state index contributed by atoms with van der Waals surface area (Å²) < 4.78 is 0. The number of carbonyl (C=O) groups excluding carboxylic acids is 2. The molecule has 0 heterocycles. The van der Waals surface area contributed by atoms with E-state index in [1.165, 1.54) is 25.1 Å². The van der Waals surface area contributed by atoms with Gasteiger partial charge in [0.15, 0.2) is 5.78 Å². The first-order valence-electron chi connectivity index (χ1n) is 4.97. The molecule has 0 aliphatic heterocycles. The highest BCUT2D eigenvalue weighted by atomic mass is 16.6. The topological polar surface area (TPSA) is 100 Å². The lowest BCUT2D eigenvalue weighted by Crippen LogP contribution is -2.36. The molecule has 0 aromatic heterocycles. The number of aliphatic carboxylic acids is 1. The van der Waals surface area contributed by atoms with Gasteiger partial charge < -0.3 is 9.90 Å². The van der Waals surface area contributed by atoms with E-state index in [-0.39, 0.29) is 12.0 Å². The number of ketones is 1. The van der Waals surface area contributed by atoms with Gasteiger partial charge in [-0.05, 0) is 12.5 Å². The van der Waals surface area contributed by atoms with Crippen molar-refractivity contribution in [2.45, 2.75) is 13.3 Å². The van der Waals surface area contributed by atoms with E-state index >= 15 is 0 Å². The highest BCUT2D eigenvalue weighted by Gasteiger charge is 2.26. The zero-order chi connectivity index (χ0) is 13.0. The molecule has 0 saturated carbocycles. The van der Waals surface area contributed by atoms with Crippen LogP contribution in [0.5, 0.6) is 0 Å². The minimum absolute atomic E-state index is 0.0349. The normalized spacial score (nSPS) is 11.8. The third-order valence-corrected chi connectivity index (χ3v) is 2.38. The van der Waals surface area contributed by atoms with Crippen LogP contribution in [0.3, 0.4) is 0 Å². The number of carboxylic acids is 1. The summed E-state index contributed by atoms with van der Waals surface area (Å²) in [5.41, 5.74) is -0.592. The molecule has 1 unspecified atom stereocenters. The third kappa shape index (κ3) is 2.66. The average Bonchev–Trinajstić information content (AvgIpc) is 2.29. The van der Waals surface area contributed by atoms with Crippen molar-refractivity contribution >= 4 is 17.4 Å². The van der Waals surface area contributed by atoms with Gasteiger partial charge in [0.25, 0.3) is 5.69 Å². The zero-order valence-electron chi connectivity index (χ0n) is 9.08. The van der Waals surface area contributed by atoms with Crippen LogP contribution in [-0.2, 0) is 4.79 Å². The highest BCUT2D eigenvalue weighted by Crippen LogP contribution is 2.22. The molecule has 1 rings (SSSR count). The molecule has 1 atom stereocenters. The minimum Gasteiger partial charge on any atom is -0.549 e. The van der Waals surface area contributed by atoms with Gasteiger partial charge in [-0.2, -0.15) is 0 Å². The van der Waals surface area contributed by atoms with E-state index in [1.807, 2.05) is 0 Å². The van der Waals surface area contributed by atoms with E-state index in [1.54, 1.807) is 0 Å². The molecular weight excluding hydrogens is 226 g/mol. The number of hydrogen-bond donors (Lipinski definition) is 0. The van der Waals surface area contributed by atoms with Gasteiger partial charge in [0.1, 0.15) is 0 Å². The van der Waals surface area contributed by atoms with Crippen LogP contribution >= 0.6 is 0 Å². The van der Waals surface area contributed by atoms with Crippen molar-refractivity contribution in [2.75, 3.05) is 0 Å². The number of benzene rings is 1. The monoisotopic (exact) mass is 236 g/mol. The summed E-state index contributed by atoms with van der Waals surface area (Å²) in [6.07, 6.45) is 0.0349. The fraction of sp³-hybridized carbons (Fsp3) is 0.273. The maximum atomic E-state index is 11.8. The van der Waals surface area contributed by atoms with E-state index < -0.39 is 28.3 Å². The van der Waals surface area contributed by atoms with Gasteiger partial charge in [-0.1, -0.05) is 19.1 Å². The average molecular weight is 236 g/mol. The van der Waals surface area contributed by atoms with E-state index in [9.17, 15) is 24.8 Å². The van der Waals surface area contributed by atoms with Gasteiger partial charge in [0.05, 0.1) is 22.4 Å². The molecule has 0 saturated heterocycles. The van der Waals surface area contributed by atoms with Crippen molar-refractivity contribution in [3.8, 4) is 0 Å². The first kappa shape index (κ1) is 12.8. The highest BCUT2D eigenvalue weighted by molar-refractivity contribution is 6.09.